The Morgan fingerprint density at radius 2 is 1.12 bits per heavy atom. The van der Waals surface area contributed by atoms with Crippen LogP contribution in [0.25, 0.3) is 0 Å². The third-order valence-electron chi connectivity index (χ3n) is 5.89. The summed E-state index contributed by atoms with van der Waals surface area (Å²) < 4.78 is 0. The molecule has 2 heterocycles. The van der Waals surface area contributed by atoms with Gasteiger partial charge in [-0.25, -0.2) is 0 Å². The first kappa shape index (κ1) is 14.6. The van der Waals surface area contributed by atoms with Crippen LogP contribution >= 0.6 is 0 Å². The number of carbonyl (C=O) groups is 4. The second kappa shape index (κ2) is 4.88. The van der Waals surface area contributed by atoms with E-state index >= 15 is 0 Å². The molecule has 2 aliphatic heterocycles. The Bertz CT molecular complexity index is 811. The first-order valence-electron chi connectivity index (χ1n) is 8.58. The van der Waals surface area contributed by atoms with Crippen molar-refractivity contribution in [2.75, 3.05) is 9.80 Å². The molecule has 0 N–H and O–H groups in total. The van der Waals surface area contributed by atoms with E-state index in [9.17, 15) is 19.2 Å². The Morgan fingerprint density at radius 1 is 0.680 bits per heavy atom. The quantitative estimate of drug-likeness (QED) is 0.608. The molecule has 4 unspecified atom stereocenters. The number of hydrogen-bond donors (Lipinski definition) is 0. The largest absolute Gasteiger partial charge is 0.274 e. The Hall–Kier alpha value is -2.76. The van der Waals surface area contributed by atoms with Gasteiger partial charge in [-0.2, -0.15) is 0 Å². The fourth-order valence-electron chi connectivity index (χ4n) is 4.77. The molecular weight excluding hydrogens is 320 g/mol. The number of rotatable bonds is 2. The van der Waals surface area contributed by atoms with Crippen LogP contribution in [0.5, 0.6) is 0 Å². The minimum Gasteiger partial charge on any atom is -0.274 e. The molecular formula is C19H16N2O4. The Balaban J connectivity index is 1.45. The van der Waals surface area contributed by atoms with Gasteiger partial charge in [0.25, 0.3) is 0 Å². The van der Waals surface area contributed by atoms with Gasteiger partial charge in [0.1, 0.15) is 0 Å². The lowest BCUT2D eigenvalue weighted by molar-refractivity contribution is -0.124. The van der Waals surface area contributed by atoms with Crippen molar-refractivity contribution in [1.29, 1.82) is 0 Å². The molecule has 4 atom stereocenters. The summed E-state index contributed by atoms with van der Waals surface area (Å²) in [7, 11) is 0. The van der Waals surface area contributed by atoms with E-state index in [1.54, 1.807) is 24.3 Å². The van der Waals surface area contributed by atoms with E-state index in [-0.39, 0.29) is 60.1 Å². The number of carbonyl (C=O) groups excluding carboxylic acids is 4. The van der Waals surface area contributed by atoms with E-state index in [1.165, 1.54) is 4.90 Å². The summed E-state index contributed by atoms with van der Waals surface area (Å²) in [6.07, 6.45) is 5.48. The standard InChI is InChI=1S/C19H16N2O4/c22-14-7-8-15(23)20(14)12-3-5-13(6-4-12)21-18(24)16-10-1-2-11(9-10)17(16)19(21)25/h1-6,10-11,16-17H,7-9H2. The molecule has 1 aromatic carbocycles. The van der Waals surface area contributed by atoms with Crippen LogP contribution in [-0.4, -0.2) is 23.6 Å². The zero-order valence-electron chi connectivity index (χ0n) is 13.4. The van der Waals surface area contributed by atoms with Crippen molar-refractivity contribution >= 4 is 35.0 Å². The third-order valence-corrected chi connectivity index (χ3v) is 5.89. The molecule has 126 valence electrons. The number of allylic oxidation sites excluding steroid dienone is 2. The average molecular weight is 336 g/mol. The summed E-state index contributed by atoms with van der Waals surface area (Å²) >= 11 is 0. The van der Waals surface area contributed by atoms with Gasteiger partial charge < -0.3 is 0 Å². The smallest absolute Gasteiger partial charge is 0.238 e. The second-order valence-corrected chi connectivity index (χ2v) is 7.15. The monoisotopic (exact) mass is 336 g/mol. The van der Waals surface area contributed by atoms with Crippen molar-refractivity contribution in [2.45, 2.75) is 19.3 Å². The summed E-state index contributed by atoms with van der Waals surface area (Å²) in [4.78, 5) is 51.7. The predicted octanol–water partition coefficient (Wildman–Crippen LogP) is 1.65. The summed E-state index contributed by atoms with van der Waals surface area (Å²) in [5.74, 6) is -0.814. The van der Waals surface area contributed by atoms with Gasteiger partial charge in [-0.1, -0.05) is 12.2 Å². The Labute approximate surface area is 144 Å². The molecule has 0 radical (unpaired) electrons. The van der Waals surface area contributed by atoms with Crippen LogP contribution in [0.3, 0.4) is 0 Å². The SMILES string of the molecule is O=C1CCC(=O)N1c1ccc(N2C(=O)C3C4C=CC(C4)C3C2=O)cc1. The fourth-order valence-corrected chi connectivity index (χ4v) is 4.77. The average Bonchev–Trinajstić information content (AvgIpc) is 3.34. The van der Waals surface area contributed by atoms with Crippen LogP contribution in [0.4, 0.5) is 11.4 Å². The third kappa shape index (κ3) is 1.85. The molecule has 3 fully saturated rings. The molecule has 25 heavy (non-hydrogen) atoms. The van der Waals surface area contributed by atoms with Crippen molar-refractivity contribution in [3.8, 4) is 0 Å². The molecule has 0 spiro atoms. The molecule has 6 nitrogen and oxygen atoms in total. The summed E-state index contributed by atoms with van der Waals surface area (Å²) in [5, 5.41) is 0. The highest BCUT2D eigenvalue weighted by Gasteiger charge is 2.59. The molecule has 2 saturated heterocycles. The van der Waals surface area contributed by atoms with E-state index in [1.807, 2.05) is 0 Å². The molecule has 1 aromatic rings. The second-order valence-electron chi connectivity index (χ2n) is 7.15. The van der Waals surface area contributed by atoms with Crippen LogP contribution in [0.1, 0.15) is 19.3 Å². The van der Waals surface area contributed by atoms with Crippen LogP contribution in [-0.2, 0) is 19.2 Å². The minimum absolute atomic E-state index is 0.132. The lowest BCUT2D eigenvalue weighted by Crippen LogP contribution is -2.33. The van der Waals surface area contributed by atoms with Crippen molar-refractivity contribution in [1.82, 2.24) is 0 Å². The maximum absolute atomic E-state index is 12.8. The highest BCUT2D eigenvalue weighted by atomic mass is 16.2. The van der Waals surface area contributed by atoms with E-state index < -0.39 is 0 Å². The van der Waals surface area contributed by atoms with E-state index in [0.29, 0.717) is 11.4 Å². The van der Waals surface area contributed by atoms with Crippen LogP contribution < -0.4 is 9.80 Å². The molecule has 6 heteroatoms. The maximum Gasteiger partial charge on any atom is 0.238 e. The number of hydrogen-bond acceptors (Lipinski definition) is 4. The number of fused-ring (bicyclic) bond motifs is 5. The van der Waals surface area contributed by atoms with Gasteiger partial charge in [-0.15, -0.1) is 0 Å². The van der Waals surface area contributed by atoms with E-state index in [4.69, 9.17) is 0 Å². The van der Waals surface area contributed by atoms with Gasteiger partial charge in [-0.3, -0.25) is 29.0 Å². The number of amides is 4. The van der Waals surface area contributed by atoms with Gasteiger partial charge in [0.15, 0.2) is 0 Å². The Morgan fingerprint density at radius 3 is 1.60 bits per heavy atom. The summed E-state index contributed by atoms with van der Waals surface area (Å²) in [5.41, 5.74) is 0.990. The molecule has 2 aliphatic carbocycles. The normalized spacial score (nSPS) is 33.1. The molecule has 0 aromatic heterocycles. The zero-order valence-corrected chi connectivity index (χ0v) is 13.4. The van der Waals surface area contributed by atoms with E-state index in [2.05, 4.69) is 12.2 Å². The fraction of sp³-hybridized carbons (Fsp3) is 0.368. The van der Waals surface area contributed by atoms with Crippen LogP contribution in [0, 0.1) is 23.7 Å². The molecule has 4 aliphatic rings. The highest BCUT2D eigenvalue weighted by molar-refractivity contribution is 6.23. The number of anilines is 2. The minimum atomic E-state index is -0.232. The number of benzene rings is 1. The lowest BCUT2D eigenvalue weighted by atomic mass is 9.85. The van der Waals surface area contributed by atoms with Gasteiger partial charge in [0, 0.05) is 12.8 Å². The Kier molecular flexibility index (Phi) is 2.84. The topological polar surface area (TPSA) is 74.8 Å². The van der Waals surface area contributed by atoms with Crippen molar-refractivity contribution in [3.63, 3.8) is 0 Å². The summed E-state index contributed by atoms with van der Waals surface area (Å²) in [6.45, 7) is 0. The van der Waals surface area contributed by atoms with Gasteiger partial charge in [-0.05, 0) is 42.5 Å². The molecule has 5 rings (SSSR count). The predicted molar refractivity (Wildman–Crippen MR) is 88.4 cm³/mol. The molecule has 4 amide bonds. The maximum atomic E-state index is 12.8. The summed E-state index contributed by atoms with van der Waals surface area (Å²) in [6, 6.07) is 6.52. The van der Waals surface area contributed by atoms with E-state index in [0.717, 1.165) is 11.3 Å². The first-order valence-corrected chi connectivity index (χ1v) is 8.58. The lowest BCUT2D eigenvalue weighted by Gasteiger charge is -2.19. The van der Waals surface area contributed by atoms with Crippen LogP contribution in [0.15, 0.2) is 36.4 Å². The van der Waals surface area contributed by atoms with Crippen molar-refractivity contribution in [3.05, 3.63) is 36.4 Å². The number of imide groups is 2. The van der Waals surface area contributed by atoms with Crippen molar-refractivity contribution in [2.24, 2.45) is 23.7 Å². The zero-order chi connectivity index (χ0) is 17.3. The van der Waals surface area contributed by atoms with Crippen molar-refractivity contribution < 1.29 is 19.2 Å². The molecule has 2 bridgehead atoms. The van der Waals surface area contributed by atoms with Crippen LogP contribution in [0.2, 0.25) is 0 Å². The first-order chi connectivity index (χ1) is 12.1. The van der Waals surface area contributed by atoms with Gasteiger partial charge >= 0.3 is 0 Å². The van der Waals surface area contributed by atoms with Gasteiger partial charge in [0.05, 0.1) is 23.2 Å². The van der Waals surface area contributed by atoms with Gasteiger partial charge in [0.2, 0.25) is 23.6 Å². The molecule has 1 saturated carbocycles. The number of nitrogens with zero attached hydrogens (tertiary/aromatic N) is 2. The highest BCUT2D eigenvalue weighted by Crippen LogP contribution is 2.53.